The monoisotopic (exact) mass is 462 g/mol. The van der Waals surface area contributed by atoms with Crippen molar-refractivity contribution in [1.82, 2.24) is 9.88 Å². The number of methoxy groups -OCH3 is 1. The molecule has 8 heteroatoms. The Balaban J connectivity index is 1.66. The van der Waals surface area contributed by atoms with Gasteiger partial charge in [-0.3, -0.25) is 4.98 Å². The Kier molecular flexibility index (Phi) is 5.71. The summed E-state index contributed by atoms with van der Waals surface area (Å²) in [4.78, 5) is 6.82. The Labute approximate surface area is 196 Å². The zero-order chi connectivity index (χ0) is 22.9. The van der Waals surface area contributed by atoms with Gasteiger partial charge in [-0.2, -0.15) is 5.26 Å². The number of halogens is 1. The van der Waals surface area contributed by atoms with Crippen molar-refractivity contribution < 1.29 is 13.9 Å². The standard InChI is InChI=1S/C25H23ClN4O3/c1-30-6-3-17(4-7-30)33-23-12-18(31-2)11-21-24(23)25(15(13-27)14-28-21)29-20-9-16(26)10-22-19(20)5-8-32-22/h5,8-12,14,17H,3-4,6-7H2,1-2H3,(H,28,29). The SMILES string of the molecule is COc1cc(OC2CCN(C)CC2)c2c(Nc3cc(Cl)cc4occc34)c(C#N)cnc2c1. The Morgan fingerprint density at radius 3 is 2.82 bits per heavy atom. The number of anilines is 2. The predicted octanol–water partition coefficient (Wildman–Crippen LogP) is 5.73. The quantitative estimate of drug-likeness (QED) is 0.405. The van der Waals surface area contributed by atoms with E-state index in [2.05, 4.69) is 28.3 Å². The van der Waals surface area contributed by atoms with E-state index in [4.69, 9.17) is 25.5 Å². The van der Waals surface area contributed by atoms with Crippen LogP contribution in [-0.4, -0.2) is 43.2 Å². The van der Waals surface area contributed by atoms with Gasteiger partial charge in [0.05, 0.1) is 41.2 Å². The topological polar surface area (TPSA) is 83.5 Å². The van der Waals surface area contributed by atoms with Crippen molar-refractivity contribution >= 4 is 44.8 Å². The van der Waals surface area contributed by atoms with E-state index in [1.165, 1.54) is 0 Å². The molecule has 0 aliphatic carbocycles. The molecule has 0 spiro atoms. The molecule has 3 heterocycles. The first-order valence-corrected chi connectivity index (χ1v) is 11.1. The van der Waals surface area contributed by atoms with Crippen LogP contribution < -0.4 is 14.8 Å². The Hall–Kier alpha value is -3.47. The van der Waals surface area contributed by atoms with Crippen molar-refractivity contribution in [2.45, 2.75) is 18.9 Å². The van der Waals surface area contributed by atoms with E-state index >= 15 is 0 Å². The first kappa shape index (κ1) is 21.4. The fraction of sp³-hybridized carbons (Fsp3) is 0.280. The van der Waals surface area contributed by atoms with Crippen LogP contribution in [0, 0.1) is 11.3 Å². The lowest BCUT2D eigenvalue weighted by Crippen LogP contribution is -2.35. The van der Waals surface area contributed by atoms with Crippen molar-refractivity contribution in [3.63, 3.8) is 0 Å². The largest absolute Gasteiger partial charge is 0.497 e. The van der Waals surface area contributed by atoms with Gasteiger partial charge in [0.15, 0.2) is 0 Å². The zero-order valence-electron chi connectivity index (χ0n) is 18.4. The highest BCUT2D eigenvalue weighted by Crippen LogP contribution is 2.41. The van der Waals surface area contributed by atoms with Gasteiger partial charge in [-0.1, -0.05) is 11.6 Å². The van der Waals surface area contributed by atoms with Crippen molar-refractivity contribution in [3.8, 4) is 17.6 Å². The molecule has 1 aliphatic rings. The van der Waals surface area contributed by atoms with Crippen LogP contribution in [-0.2, 0) is 0 Å². The van der Waals surface area contributed by atoms with E-state index in [1.807, 2.05) is 24.3 Å². The molecule has 0 unspecified atom stereocenters. The molecule has 0 amide bonds. The van der Waals surface area contributed by atoms with Crippen molar-refractivity contribution in [1.29, 1.82) is 5.26 Å². The normalized spacial score (nSPS) is 15.0. The number of benzene rings is 2. The summed E-state index contributed by atoms with van der Waals surface area (Å²) in [5.41, 5.74) is 3.07. The Morgan fingerprint density at radius 1 is 1.24 bits per heavy atom. The Morgan fingerprint density at radius 2 is 2.06 bits per heavy atom. The number of aromatic nitrogens is 1. The predicted molar refractivity (Wildman–Crippen MR) is 129 cm³/mol. The number of furan rings is 1. The maximum absolute atomic E-state index is 9.88. The van der Waals surface area contributed by atoms with Crippen LogP contribution >= 0.6 is 11.6 Å². The minimum Gasteiger partial charge on any atom is -0.497 e. The first-order chi connectivity index (χ1) is 16.1. The number of piperidine rings is 1. The van der Waals surface area contributed by atoms with Gasteiger partial charge in [-0.15, -0.1) is 0 Å². The third-order valence-electron chi connectivity index (χ3n) is 6.02. The number of ether oxygens (including phenoxy) is 2. The number of nitrogens with one attached hydrogen (secondary N) is 1. The van der Waals surface area contributed by atoms with Gasteiger partial charge in [-0.25, -0.2) is 0 Å². The summed E-state index contributed by atoms with van der Waals surface area (Å²) in [5, 5.41) is 15.4. The number of hydrogen-bond donors (Lipinski definition) is 1. The molecule has 1 N–H and O–H groups in total. The molecule has 5 rings (SSSR count). The van der Waals surface area contributed by atoms with E-state index in [0.29, 0.717) is 38.9 Å². The number of fused-ring (bicyclic) bond motifs is 2. The highest BCUT2D eigenvalue weighted by molar-refractivity contribution is 6.31. The number of likely N-dealkylation sites (tertiary alicyclic amines) is 1. The molecule has 33 heavy (non-hydrogen) atoms. The van der Waals surface area contributed by atoms with Crippen LogP contribution in [0.3, 0.4) is 0 Å². The van der Waals surface area contributed by atoms with Crippen LogP contribution in [0.25, 0.3) is 21.9 Å². The Bertz CT molecular complexity index is 1370. The summed E-state index contributed by atoms with van der Waals surface area (Å²) in [5.74, 6) is 1.28. The molecule has 2 aromatic carbocycles. The smallest absolute Gasteiger partial charge is 0.137 e. The molecular weight excluding hydrogens is 440 g/mol. The molecule has 0 bridgehead atoms. The lowest BCUT2D eigenvalue weighted by Gasteiger charge is -2.30. The fourth-order valence-corrected chi connectivity index (χ4v) is 4.45. The third kappa shape index (κ3) is 4.15. The molecule has 2 aromatic heterocycles. The molecule has 0 atom stereocenters. The van der Waals surface area contributed by atoms with Crippen LogP contribution in [0.4, 0.5) is 11.4 Å². The van der Waals surface area contributed by atoms with Gasteiger partial charge in [0.25, 0.3) is 0 Å². The fourth-order valence-electron chi connectivity index (χ4n) is 4.25. The lowest BCUT2D eigenvalue weighted by molar-refractivity contribution is 0.115. The van der Waals surface area contributed by atoms with Gasteiger partial charge in [0.2, 0.25) is 0 Å². The van der Waals surface area contributed by atoms with Gasteiger partial charge in [-0.05, 0) is 32.0 Å². The summed E-state index contributed by atoms with van der Waals surface area (Å²) < 4.78 is 17.5. The average Bonchev–Trinajstić information content (AvgIpc) is 3.29. The van der Waals surface area contributed by atoms with E-state index in [0.717, 1.165) is 42.4 Å². The van der Waals surface area contributed by atoms with Crippen molar-refractivity contribution in [2.75, 3.05) is 32.6 Å². The molecule has 0 saturated carbocycles. The third-order valence-corrected chi connectivity index (χ3v) is 6.24. The molecule has 7 nitrogen and oxygen atoms in total. The van der Waals surface area contributed by atoms with Gasteiger partial charge < -0.3 is 24.1 Å². The molecule has 1 aliphatic heterocycles. The molecule has 1 saturated heterocycles. The van der Waals surface area contributed by atoms with Crippen LogP contribution in [0.1, 0.15) is 18.4 Å². The minimum atomic E-state index is 0.0712. The molecule has 0 radical (unpaired) electrons. The second-order valence-corrected chi connectivity index (χ2v) is 8.65. The highest BCUT2D eigenvalue weighted by Gasteiger charge is 2.22. The maximum Gasteiger partial charge on any atom is 0.137 e. The van der Waals surface area contributed by atoms with Crippen LogP contribution in [0.2, 0.25) is 5.02 Å². The lowest BCUT2D eigenvalue weighted by atomic mass is 10.1. The van der Waals surface area contributed by atoms with Crippen molar-refractivity contribution in [2.24, 2.45) is 0 Å². The number of nitriles is 1. The average molecular weight is 463 g/mol. The summed E-state index contributed by atoms with van der Waals surface area (Å²) in [6.45, 7) is 1.95. The van der Waals surface area contributed by atoms with Gasteiger partial charge >= 0.3 is 0 Å². The highest BCUT2D eigenvalue weighted by atomic mass is 35.5. The van der Waals surface area contributed by atoms with Crippen LogP contribution in [0.15, 0.2) is 47.2 Å². The number of nitrogens with zero attached hydrogens (tertiary/aromatic N) is 3. The van der Waals surface area contributed by atoms with Crippen molar-refractivity contribution in [3.05, 3.63) is 53.4 Å². The van der Waals surface area contributed by atoms with E-state index < -0.39 is 0 Å². The molecule has 4 aromatic rings. The summed E-state index contributed by atoms with van der Waals surface area (Å²) >= 11 is 6.33. The van der Waals surface area contributed by atoms with Gasteiger partial charge in [0.1, 0.15) is 29.3 Å². The summed E-state index contributed by atoms with van der Waals surface area (Å²) in [6.07, 6.45) is 5.09. The summed E-state index contributed by atoms with van der Waals surface area (Å²) in [6, 6.07) is 11.4. The zero-order valence-corrected chi connectivity index (χ0v) is 19.1. The second-order valence-electron chi connectivity index (χ2n) is 8.21. The number of rotatable bonds is 5. The minimum absolute atomic E-state index is 0.0712. The number of pyridine rings is 1. The van der Waals surface area contributed by atoms with Crippen LogP contribution in [0.5, 0.6) is 11.5 Å². The molecular formula is C25H23ClN4O3. The molecule has 168 valence electrons. The second kappa shape index (κ2) is 8.81. The van der Waals surface area contributed by atoms with E-state index in [1.54, 1.807) is 25.6 Å². The first-order valence-electron chi connectivity index (χ1n) is 10.8. The maximum atomic E-state index is 9.88. The number of hydrogen-bond acceptors (Lipinski definition) is 7. The van der Waals surface area contributed by atoms with Gasteiger partial charge in [0, 0.05) is 47.9 Å². The van der Waals surface area contributed by atoms with E-state index in [-0.39, 0.29) is 6.10 Å². The molecule has 1 fully saturated rings. The van der Waals surface area contributed by atoms with E-state index in [9.17, 15) is 5.26 Å². The summed E-state index contributed by atoms with van der Waals surface area (Å²) in [7, 11) is 3.73.